The van der Waals surface area contributed by atoms with Gasteiger partial charge in [-0.25, -0.2) is 4.79 Å². The molecule has 4 nitrogen and oxygen atoms in total. The van der Waals surface area contributed by atoms with Gasteiger partial charge in [-0.2, -0.15) is 0 Å². The Morgan fingerprint density at radius 1 is 1.33 bits per heavy atom. The zero-order valence-corrected chi connectivity index (χ0v) is 8.10. The summed E-state index contributed by atoms with van der Waals surface area (Å²) in [5.41, 5.74) is 2.04. The molecule has 0 radical (unpaired) electrons. The molecular weight excluding hydrogens is 192 g/mol. The molecule has 3 heterocycles. The van der Waals surface area contributed by atoms with E-state index in [1.165, 1.54) is 0 Å². The van der Waals surface area contributed by atoms with Crippen molar-refractivity contribution in [2.24, 2.45) is 0 Å². The first-order valence-corrected chi connectivity index (χ1v) is 4.62. The van der Waals surface area contributed by atoms with Crippen molar-refractivity contribution in [3.05, 3.63) is 46.7 Å². The average Bonchev–Trinajstić information content (AvgIpc) is 2.61. The fourth-order valence-corrected chi connectivity index (χ4v) is 1.79. The highest BCUT2D eigenvalue weighted by atomic mass is 16.4. The Morgan fingerprint density at radius 3 is 3.07 bits per heavy atom. The van der Waals surface area contributed by atoms with Crippen LogP contribution in [0.1, 0.15) is 5.69 Å². The number of hydrogen-bond acceptors (Lipinski definition) is 3. The lowest BCUT2D eigenvalue weighted by atomic mass is 10.3. The van der Waals surface area contributed by atoms with E-state index in [1.807, 2.05) is 17.4 Å². The number of aryl methyl sites for hydroxylation is 1. The molecule has 0 bridgehead atoms. The van der Waals surface area contributed by atoms with Gasteiger partial charge in [0.05, 0.1) is 17.1 Å². The third kappa shape index (κ3) is 1.01. The summed E-state index contributed by atoms with van der Waals surface area (Å²) in [6, 6.07) is 5.36. The van der Waals surface area contributed by atoms with Crippen LogP contribution in [0.4, 0.5) is 0 Å². The van der Waals surface area contributed by atoms with Crippen LogP contribution in [0.25, 0.3) is 16.6 Å². The molecule has 74 valence electrons. The second-order valence-electron chi connectivity index (χ2n) is 3.43. The molecule has 0 aliphatic heterocycles. The van der Waals surface area contributed by atoms with Crippen LogP contribution in [0, 0.1) is 6.92 Å². The summed E-state index contributed by atoms with van der Waals surface area (Å²) in [5.74, 6) is 0. The van der Waals surface area contributed by atoms with Gasteiger partial charge in [-0.05, 0) is 19.1 Å². The molecule has 0 amide bonds. The number of pyridine rings is 1. The van der Waals surface area contributed by atoms with Crippen molar-refractivity contribution >= 4 is 16.6 Å². The first-order chi connectivity index (χ1) is 7.27. The van der Waals surface area contributed by atoms with Crippen molar-refractivity contribution in [3.8, 4) is 0 Å². The maximum atomic E-state index is 11.6. The van der Waals surface area contributed by atoms with Gasteiger partial charge in [0.2, 0.25) is 5.71 Å². The zero-order chi connectivity index (χ0) is 10.4. The Bertz CT molecular complexity index is 709. The lowest BCUT2D eigenvalue weighted by Gasteiger charge is -2.01. The van der Waals surface area contributed by atoms with E-state index in [0.717, 1.165) is 11.2 Å². The fourth-order valence-electron chi connectivity index (χ4n) is 1.79. The predicted molar refractivity (Wildman–Crippen MR) is 56.0 cm³/mol. The van der Waals surface area contributed by atoms with Crippen molar-refractivity contribution in [2.45, 2.75) is 6.92 Å². The smallest absolute Gasteiger partial charge is 0.347 e. The Hall–Kier alpha value is -2.10. The maximum Gasteiger partial charge on any atom is 0.347 e. The van der Waals surface area contributed by atoms with Crippen LogP contribution in [-0.2, 0) is 0 Å². The van der Waals surface area contributed by atoms with E-state index in [0.29, 0.717) is 11.1 Å². The summed E-state index contributed by atoms with van der Waals surface area (Å²) in [6.45, 7) is 1.96. The Kier molecular flexibility index (Phi) is 1.48. The van der Waals surface area contributed by atoms with Crippen LogP contribution in [0.5, 0.6) is 0 Å². The monoisotopic (exact) mass is 200 g/mol. The number of aromatic nitrogens is 2. The second-order valence-corrected chi connectivity index (χ2v) is 3.43. The van der Waals surface area contributed by atoms with Gasteiger partial charge in [0.15, 0.2) is 0 Å². The van der Waals surface area contributed by atoms with Gasteiger partial charge in [0.1, 0.15) is 0 Å². The summed E-state index contributed by atoms with van der Waals surface area (Å²) in [5, 5.41) is 0.553. The quantitative estimate of drug-likeness (QED) is 0.555. The molecule has 4 heteroatoms. The molecule has 3 rings (SSSR count). The van der Waals surface area contributed by atoms with Crippen molar-refractivity contribution in [1.82, 2.24) is 9.38 Å². The number of nitrogens with zero attached hydrogens (tertiary/aromatic N) is 2. The molecule has 0 N–H and O–H groups in total. The van der Waals surface area contributed by atoms with E-state index < -0.39 is 0 Å². The van der Waals surface area contributed by atoms with Gasteiger partial charge in [-0.3, -0.25) is 9.38 Å². The lowest BCUT2D eigenvalue weighted by molar-refractivity contribution is 0.548. The van der Waals surface area contributed by atoms with Gasteiger partial charge >= 0.3 is 5.63 Å². The zero-order valence-electron chi connectivity index (χ0n) is 8.10. The molecule has 0 fully saturated rings. The molecule has 0 unspecified atom stereocenters. The van der Waals surface area contributed by atoms with E-state index in [-0.39, 0.29) is 5.63 Å². The van der Waals surface area contributed by atoms with Crippen molar-refractivity contribution < 1.29 is 4.42 Å². The van der Waals surface area contributed by atoms with Crippen LogP contribution in [0.15, 0.2) is 39.8 Å². The molecule has 0 aliphatic carbocycles. The highest BCUT2D eigenvalue weighted by Gasteiger charge is 2.07. The molecule has 0 spiro atoms. The molecule has 0 saturated carbocycles. The molecule has 3 aromatic heterocycles. The van der Waals surface area contributed by atoms with E-state index in [2.05, 4.69) is 4.98 Å². The van der Waals surface area contributed by atoms with E-state index >= 15 is 0 Å². The Morgan fingerprint density at radius 2 is 2.20 bits per heavy atom. The first-order valence-electron chi connectivity index (χ1n) is 4.62. The third-order valence-electron chi connectivity index (χ3n) is 2.50. The topological polar surface area (TPSA) is 47.5 Å². The highest BCUT2D eigenvalue weighted by Crippen LogP contribution is 2.15. The standard InChI is InChI=1S/C11H8N2O2/c1-7-2-3-10-13(7)9-6-12-5-4-8(9)11(14)15-10/h2-6H,1H3. The minimum atomic E-state index is -0.321. The minimum absolute atomic E-state index is 0.321. The predicted octanol–water partition coefficient (Wildman–Crippen LogP) is 1.75. The molecular formula is C11H8N2O2. The summed E-state index contributed by atoms with van der Waals surface area (Å²) in [4.78, 5) is 15.6. The first kappa shape index (κ1) is 8.23. The average molecular weight is 200 g/mol. The summed E-state index contributed by atoms with van der Waals surface area (Å²) >= 11 is 0. The molecule has 0 aliphatic rings. The normalized spacial score (nSPS) is 11.3. The van der Waals surface area contributed by atoms with Crippen molar-refractivity contribution in [1.29, 1.82) is 0 Å². The molecule has 15 heavy (non-hydrogen) atoms. The second kappa shape index (κ2) is 2.70. The molecule has 0 atom stereocenters. The summed E-state index contributed by atoms with van der Waals surface area (Å²) in [6.07, 6.45) is 3.26. The lowest BCUT2D eigenvalue weighted by Crippen LogP contribution is -2.04. The van der Waals surface area contributed by atoms with Crippen LogP contribution in [-0.4, -0.2) is 9.38 Å². The van der Waals surface area contributed by atoms with Crippen LogP contribution in [0.3, 0.4) is 0 Å². The van der Waals surface area contributed by atoms with E-state index in [9.17, 15) is 4.79 Å². The van der Waals surface area contributed by atoms with Gasteiger partial charge in [-0.15, -0.1) is 0 Å². The molecule has 0 saturated heterocycles. The highest BCUT2D eigenvalue weighted by molar-refractivity contribution is 5.78. The van der Waals surface area contributed by atoms with Gasteiger partial charge < -0.3 is 4.42 Å². The Labute approximate surface area is 84.8 Å². The van der Waals surface area contributed by atoms with Crippen molar-refractivity contribution in [2.75, 3.05) is 0 Å². The fraction of sp³-hybridized carbons (Fsp3) is 0.0909. The van der Waals surface area contributed by atoms with Gasteiger partial charge in [-0.1, -0.05) is 0 Å². The summed E-state index contributed by atoms with van der Waals surface area (Å²) < 4.78 is 7.05. The van der Waals surface area contributed by atoms with Crippen LogP contribution in [0.2, 0.25) is 0 Å². The number of fused-ring (bicyclic) bond motifs is 3. The van der Waals surface area contributed by atoms with Crippen molar-refractivity contribution in [3.63, 3.8) is 0 Å². The molecule has 3 aromatic rings. The largest absolute Gasteiger partial charge is 0.405 e. The van der Waals surface area contributed by atoms with Crippen LogP contribution >= 0.6 is 0 Å². The third-order valence-corrected chi connectivity index (χ3v) is 2.50. The SMILES string of the molecule is Cc1ccc2oc(=O)c3ccncc3n12. The number of rotatable bonds is 0. The van der Waals surface area contributed by atoms with Gasteiger partial charge in [0, 0.05) is 18.0 Å². The van der Waals surface area contributed by atoms with E-state index in [4.69, 9.17) is 4.42 Å². The number of hydrogen-bond donors (Lipinski definition) is 0. The van der Waals surface area contributed by atoms with E-state index in [1.54, 1.807) is 24.5 Å². The van der Waals surface area contributed by atoms with Gasteiger partial charge in [0.25, 0.3) is 0 Å². The minimum Gasteiger partial charge on any atom is -0.405 e. The summed E-state index contributed by atoms with van der Waals surface area (Å²) in [7, 11) is 0. The molecule has 0 aromatic carbocycles. The van der Waals surface area contributed by atoms with Crippen LogP contribution < -0.4 is 5.63 Å². The Balaban J connectivity index is 2.74. The maximum absolute atomic E-state index is 11.6.